The molecule has 1 aliphatic heterocycles. The van der Waals surface area contributed by atoms with Gasteiger partial charge in [-0.15, -0.1) is 0 Å². The van der Waals surface area contributed by atoms with Crippen LogP contribution in [0.4, 0.5) is 5.69 Å². The number of likely N-dealkylation sites (N-methyl/N-ethyl adjacent to an activating group) is 1. The summed E-state index contributed by atoms with van der Waals surface area (Å²) in [5, 5.41) is 18.4. The molecule has 1 saturated heterocycles. The number of pyridine rings is 1. The molecule has 0 spiro atoms. The molecule has 2 aromatic rings. The fraction of sp³-hybridized carbons (Fsp3) is 0.588. The van der Waals surface area contributed by atoms with E-state index in [1.54, 1.807) is 4.68 Å². The Balaban J connectivity index is 1.80. The molecule has 2 aliphatic rings. The van der Waals surface area contributed by atoms with E-state index in [1.165, 1.54) is 6.20 Å². The number of aromatic carboxylic acids is 1. The van der Waals surface area contributed by atoms with Crippen LogP contribution in [-0.4, -0.2) is 69.6 Å². The average Bonchev–Trinajstić information content (AvgIpc) is 3.06. The van der Waals surface area contributed by atoms with Gasteiger partial charge >= 0.3 is 5.97 Å². The second-order valence-corrected chi connectivity index (χ2v) is 7.17. The molecule has 0 unspecified atom stereocenters. The molecule has 0 bridgehead atoms. The van der Waals surface area contributed by atoms with E-state index in [2.05, 4.69) is 20.3 Å². The first kappa shape index (κ1) is 16.3. The number of hydrogen-bond acceptors (Lipinski definition) is 6. The Morgan fingerprint density at radius 2 is 2.24 bits per heavy atom. The van der Waals surface area contributed by atoms with Crippen LogP contribution in [0.5, 0.6) is 0 Å². The summed E-state index contributed by atoms with van der Waals surface area (Å²) in [6.07, 6.45) is 2.63. The standard InChI is InChI=1S/C17H23N5O3/c1-8-11-12(10(17(23)24)7-18-16(11)22(4)20-8)19-13-9-5-6-25-15(9)14(13)21(2)3/h7,9,13-15H,5-6H2,1-4H3,(H,18,19)(H,23,24)/t9-,13+,14-,15-/m1/s1. The highest BCUT2D eigenvalue weighted by molar-refractivity contribution is 6.04. The monoisotopic (exact) mass is 345 g/mol. The number of ether oxygens (including phenoxy) is 1. The van der Waals surface area contributed by atoms with E-state index < -0.39 is 5.97 Å². The molecule has 4 rings (SSSR count). The average molecular weight is 345 g/mol. The Bertz CT molecular complexity index is 846. The normalized spacial score (nSPS) is 28.2. The van der Waals surface area contributed by atoms with Crippen molar-refractivity contribution in [3.05, 3.63) is 17.5 Å². The molecule has 0 radical (unpaired) electrons. The number of nitrogens with one attached hydrogen (secondary N) is 1. The van der Waals surface area contributed by atoms with Crippen molar-refractivity contribution in [3.8, 4) is 0 Å². The van der Waals surface area contributed by atoms with Gasteiger partial charge in [0.2, 0.25) is 0 Å². The Hall–Kier alpha value is -2.19. The number of aryl methyl sites for hydroxylation is 2. The van der Waals surface area contributed by atoms with Gasteiger partial charge in [0.1, 0.15) is 5.56 Å². The van der Waals surface area contributed by atoms with Gasteiger partial charge in [0.25, 0.3) is 0 Å². The molecule has 2 fully saturated rings. The molecule has 134 valence electrons. The van der Waals surface area contributed by atoms with Crippen molar-refractivity contribution in [1.29, 1.82) is 0 Å². The molecular weight excluding hydrogens is 322 g/mol. The van der Waals surface area contributed by atoms with Crippen molar-refractivity contribution in [3.63, 3.8) is 0 Å². The lowest BCUT2D eigenvalue weighted by atomic mass is 9.70. The van der Waals surface area contributed by atoms with Gasteiger partial charge in [0.05, 0.1) is 28.9 Å². The van der Waals surface area contributed by atoms with E-state index in [1.807, 2.05) is 28.1 Å². The Labute approximate surface area is 145 Å². The molecule has 8 nitrogen and oxygen atoms in total. The van der Waals surface area contributed by atoms with Crippen molar-refractivity contribution in [2.24, 2.45) is 13.0 Å². The van der Waals surface area contributed by atoms with Crippen LogP contribution in [0.3, 0.4) is 0 Å². The zero-order chi connectivity index (χ0) is 17.9. The van der Waals surface area contributed by atoms with Gasteiger partial charge in [-0.3, -0.25) is 4.68 Å². The lowest BCUT2D eigenvalue weighted by Crippen LogP contribution is -2.66. The number of hydrogen-bond donors (Lipinski definition) is 2. The van der Waals surface area contributed by atoms with Crippen molar-refractivity contribution >= 4 is 22.7 Å². The number of rotatable bonds is 4. The summed E-state index contributed by atoms with van der Waals surface area (Å²) in [4.78, 5) is 18.2. The van der Waals surface area contributed by atoms with Gasteiger partial charge < -0.3 is 20.1 Å². The number of aromatic nitrogens is 3. The molecule has 8 heteroatoms. The van der Waals surface area contributed by atoms with Gasteiger partial charge in [0, 0.05) is 31.8 Å². The van der Waals surface area contributed by atoms with E-state index in [0.29, 0.717) is 17.3 Å². The molecule has 4 atom stereocenters. The van der Waals surface area contributed by atoms with Gasteiger partial charge in [0.15, 0.2) is 5.65 Å². The lowest BCUT2D eigenvalue weighted by molar-refractivity contribution is -0.0515. The van der Waals surface area contributed by atoms with Crippen molar-refractivity contribution in [2.45, 2.75) is 31.5 Å². The van der Waals surface area contributed by atoms with Gasteiger partial charge in [-0.25, -0.2) is 9.78 Å². The number of carboxylic acids is 1. The SMILES string of the molecule is Cc1nn(C)c2ncc(C(=O)O)c(N[C@H]3[C@H]4CCO[C@H]4[C@@H]3N(C)C)c12. The first-order valence-electron chi connectivity index (χ1n) is 8.50. The first-order chi connectivity index (χ1) is 11.9. The van der Waals surface area contributed by atoms with Crippen molar-refractivity contribution in [2.75, 3.05) is 26.0 Å². The van der Waals surface area contributed by atoms with E-state index in [9.17, 15) is 9.90 Å². The minimum atomic E-state index is -0.986. The van der Waals surface area contributed by atoms with Crippen LogP contribution in [0.15, 0.2) is 6.20 Å². The van der Waals surface area contributed by atoms with Crippen LogP contribution in [0, 0.1) is 12.8 Å². The number of carbonyl (C=O) groups is 1. The third-order valence-corrected chi connectivity index (χ3v) is 5.51. The highest BCUT2D eigenvalue weighted by Gasteiger charge is 2.55. The van der Waals surface area contributed by atoms with Crippen LogP contribution in [0.25, 0.3) is 11.0 Å². The second kappa shape index (κ2) is 5.67. The molecule has 2 N–H and O–H groups in total. The highest BCUT2D eigenvalue weighted by Crippen LogP contribution is 2.44. The molecule has 1 aliphatic carbocycles. The van der Waals surface area contributed by atoms with Crippen molar-refractivity contribution < 1.29 is 14.6 Å². The highest BCUT2D eigenvalue weighted by atomic mass is 16.5. The zero-order valence-corrected chi connectivity index (χ0v) is 14.9. The largest absolute Gasteiger partial charge is 0.478 e. The summed E-state index contributed by atoms with van der Waals surface area (Å²) in [6, 6.07) is 0.361. The van der Waals surface area contributed by atoms with Gasteiger partial charge in [-0.1, -0.05) is 0 Å². The number of fused-ring (bicyclic) bond motifs is 2. The first-order valence-corrected chi connectivity index (χ1v) is 8.50. The molecule has 2 aromatic heterocycles. The maximum absolute atomic E-state index is 11.8. The Morgan fingerprint density at radius 3 is 2.92 bits per heavy atom. The Kier molecular flexibility index (Phi) is 3.69. The predicted molar refractivity (Wildman–Crippen MR) is 92.9 cm³/mol. The number of nitrogens with zero attached hydrogens (tertiary/aromatic N) is 4. The number of anilines is 1. The predicted octanol–water partition coefficient (Wildman–Crippen LogP) is 1.10. The van der Waals surface area contributed by atoms with E-state index in [0.717, 1.165) is 24.1 Å². The fourth-order valence-electron chi connectivity index (χ4n) is 4.37. The quantitative estimate of drug-likeness (QED) is 0.857. The van der Waals surface area contributed by atoms with E-state index in [4.69, 9.17) is 4.74 Å². The maximum Gasteiger partial charge on any atom is 0.339 e. The molecule has 0 aromatic carbocycles. The van der Waals surface area contributed by atoms with Crippen LogP contribution >= 0.6 is 0 Å². The van der Waals surface area contributed by atoms with Crippen LogP contribution in [0.2, 0.25) is 0 Å². The molecule has 3 heterocycles. The van der Waals surface area contributed by atoms with Crippen molar-refractivity contribution in [1.82, 2.24) is 19.7 Å². The zero-order valence-electron chi connectivity index (χ0n) is 14.9. The summed E-state index contributed by atoms with van der Waals surface area (Å²) in [6.45, 7) is 2.65. The van der Waals surface area contributed by atoms with Crippen LogP contribution < -0.4 is 5.32 Å². The lowest BCUT2D eigenvalue weighted by Gasteiger charge is -2.51. The summed E-state index contributed by atoms with van der Waals surface area (Å²) in [7, 11) is 5.89. The van der Waals surface area contributed by atoms with Gasteiger partial charge in [-0.05, 0) is 27.4 Å². The molecule has 0 amide bonds. The molecule has 1 saturated carbocycles. The summed E-state index contributed by atoms with van der Waals surface area (Å²) < 4.78 is 7.55. The Morgan fingerprint density at radius 1 is 1.48 bits per heavy atom. The van der Waals surface area contributed by atoms with Crippen LogP contribution in [0.1, 0.15) is 22.5 Å². The third-order valence-electron chi connectivity index (χ3n) is 5.51. The van der Waals surface area contributed by atoms with Crippen LogP contribution in [-0.2, 0) is 11.8 Å². The number of carboxylic acid groups (broad SMARTS) is 1. The molecular formula is C17H23N5O3. The summed E-state index contributed by atoms with van der Waals surface area (Å²) >= 11 is 0. The minimum absolute atomic E-state index is 0.144. The smallest absolute Gasteiger partial charge is 0.339 e. The van der Waals surface area contributed by atoms with E-state index in [-0.39, 0.29) is 23.8 Å². The summed E-state index contributed by atoms with van der Waals surface area (Å²) in [5.74, 6) is -0.589. The maximum atomic E-state index is 11.8. The van der Waals surface area contributed by atoms with E-state index >= 15 is 0 Å². The van der Waals surface area contributed by atoms with Gasteiger partial charge in [-0.2, -0.15) is 5.10 Å². The summed E-state index contributed by atoms with van der Waals surface area (Å²) in [5.41, 5.74) is 2.26. The topological polar surface area (TPSA) is 92.5 Å². The third kappa shape index (κ3) is 2.31. The minimum Gasteiger partial charge on any atom is -0.478 e. The second-order valence-electron chi connectivity index (χ2n) is 7.17. The fourth-order valence-corrected chi connectivity index (χ4v) is 4.37. The molecule has 25 heavy (non-hydrogen) atoms.